The molecule has 0 bridgehead atoms. The molecule has 0 spiro atoms. The first kappa shape index (κ1) is 13.1. The van der Waals surface area contributed by atoms with Crippen LogP contribution in [-0.4, -0.2) is 5.91 Å². The first-order valence-corrected chi connectivity index (χ1v) is 6.88. The summed E-state index contributed by atoms with van der Waals surface area (Å²) >= 11 is 0. The number of amides is 1. The van der Waals surface area contributed by atoms with Gasteiger partial charge >= 0.3 is 0 Å². The van der Waals surface area contributed by atoms with Crippen LogP contribution in [0.5, 0.6) is 0 Å². The van der Waals surface area contributed by atoms with Gasteiger partial charge in [0.05, 0.1) is 0 Å². The van der Waals surface area contributed by atoms with E-state index in [2.05, 4.69) is 38.2 Å². The van der Waals surface area contributed by atoms with Gasteiger partial charge in [0, 0.05) is 11.6 Å². The Morgan fingerprint density at radius 3 is 2.17 bits per heavy atom. The Kier molecular flexibility index (Phi) is 3.74. The third-order valence-corrected chi connectivity index (χ3v) is 3.74. The summed E-state index contributed by atoms with van der Waals surface area (Å²) in [5.74, 6) is 0.420. The fourth-order valence-corrected chi connectivity index (χ4v) is 2.49. The van der Waals surface area contributed by atoms with E-state index in [-0.39, 0.29) is 17.2 Å². The lowest BCUT2D eigenvalue weighted by molar-refractivity contribution is -0.119. The normalized spacial score (nSPS) is 16.8. The summed E-state index contributed by atoms with van der Waals surface area (Å²) in [6.45, 7) is 6.58. The van der Waals surface area contributed by atoms with Crippen molar-refractivity contribution in [2.24, 2.45) is 5.92 Å². The molecule has 1 aromatic carbocycles. The zero-order chi connectivity index (χ0) is 13.2. The zero-order valence-corrected chi connectivity index (χ0v) is 11.6. The van der Waals surface area contributed by atoms with E-state index in [9.17, 15) is 4.79 Å². The third-order valence-electron chi connectivity index (χ3n) is 3.74. The summed E-state index contributed by atoms with van der Waals surface area (Å²) < 4.78 is 0. The predicted octanol–water partition coefficient (Wildman–Crippen LogP) is 4.11. The van der Waals surface area contributed by atoms with Gasteiger partial charge in [-0.1, -0.05) is 45.7 Å². The molecule has 18 heavy (non-hydrogen) atoms. The average Bonchev–Trinajstić information content (AvgIpc) is 2.82. The van der Waals surface area contributed by atoms with E-state index in [1.165, 1.54) is 18.4 Å². The van der Waals surface area contributed by atoms with Crippen molar-refractivity contribution >= 4 is 11.6 Å². The van der Waals surface area contributed by atoms with Gasteiger partial charge in [-0.25, -0.2) is 0 Å². The van der Waals surface area contributed by atoms with E-state index in [1.54, 1.807) is 0 Å². The molecular formula is C16H23NO. The van der Waals surface area contributed by atoms with Gasteiger partial charge in [-0.3, -0.25) is 4.79 Å². The number of nitrogens with one attached hydrogen (secondary N) is 1. The minimum atomic E-state index is 0.161. The Labute approximate surface area is 110 Å². The quantitative estimate of drug-likeness (QED) is 0.834. The van der Waals surface area contributed by atoms with Crippen molar-refractivity contribution in [1.82, 2.24) is 0 Å². The van der Waals surface area contributed by atoms with Crippen LogP contribution in [0.15, 0.2) is 24.3 Å². The lowest BCUT2D eigenvalue weighted by atomic mass is 9.87. The molecule has 0 aliphatic heterocycles. The molecule has 0 atom stereocenters. The molecule has 0 aromatic heterocycles. The zero-order valence-electron chi connectivity index (χ0n) is 11.6. The summed E-state index contributed by atoms with van der Waals surface area (Å²) in [4.78, 5) is 12.0. The molecule has 1 saturated carbocycles. The molecule has 0 unspecified atom stereocenters. The van der Waals surface area contributed by atoms with Crippen molar-refractivity contribution < 1.29 is 4.79 Å². The van der Waals surface area contributed by atoms with Gasteiger partial charge in [0.2, 0.25) is 5.91 Å². The summed E-state index contributed by atoms with van der Waals surface area (Å²) in [7, 11) is 0. The standard InChI is InChI=1S/C16H23NO/c1-16(2,3)13-8-10-14(11-9-13)17-15(18)12-6-4-5-7-12/h8-12H,4-7H2,1-3H3,(H,17,18). The Morgan fingerprint density at radius 1 is 1.11 bits per heavy atom. The summed E-state index contributed by atoms with van der Waals surface area (Å²) in [5.41, 5.74) is 2.37. The number of hydrogen-bond donors (Lipinski definition) is 1. The Morgan fingerprint density at radius 2 is 1.67 bits per heavy atom. The Hall–Kier alpha value is -1.31. The molecule has 2 heteroatoms. The van der Waals surface area contributed by atoms with Gasteiger partial charge in [0.25, 0.3) is 0 Å². The van der Waals surface area contributed by atoms with Crippen molar-refractivity contribution in [1.29, 1.82) is 0 Å². The maximum atomic E-state index is 12.0. The lowest BCUT2D eigenvalue weighted by Crippen LogP contribution is -2.20. The van der Waals surface area contributed by atoms with E-state index in [0.717, 1.165) is 18.5 Å². The molecule has 2 nitrogen and oxygen atoms in total. The summed E-state index contributed by atoms with van der Waals surface area (Å²) in [6, 6.07) is 8.22. The van der Waals surface area contributed by atoms with E-state index in [1.807, 2.05) is 12.1 Å². The van der Waals surface area contributed by atoms with Gasteiger partial charge in [-0.05, 0) is 36.0 Å². The van der Waals surface area contributed by atoms with E-state index in [4.69, 9.17) is 0 Å². The molecule has 1 amide bonds. The Balaban J connectivity index is 2.00. The smallest absolute Gasteiger partial charge is 0.227 e. The molecule has 1 aliphatic rings. The van der Waals surface area contributed by atoms with Crippen LogP contribution in [0.1, 0.15) is 52.0 Å². The number of carbonyl (C=O) groups excluding carboxylic acids is 1. The van der Waals surface area contributed by atoms with Crippen molar-refractivity contribution in [2.45, 2.75) is 51.9 Å². The molecule has 1 aliphatic carbocycles. The molecule has 0 radical (unpaired) electrons. The molecule has 0 heterocycles. The number of benzene rings is 1. The van der Waals surface area contributed by atoms with Gasteiger partial charge in [-0.15, -0.1) is 0 Å². The van der Waals surface area contributed by atoms with Crippen molar-refractivity contribution in [3.8, 4) is 0 Å². The number of carbonyl (C=O) groups is 1. The van der Waals surface area contributed by atoms with Crippen LogP contribution < -0.4 is 5.32 Å². The van der Waals surface area contributed by atoms with E-state index in [0.29, 0.717) is 0 Å². The van der Waals surface area contributed by atoms with Crippen LogP contribution in [-0.2, 0) is 10.2 Å². The highest BCUT2D eigenvalue weighted by Gasteiger charge is 2.22. The number of hydrogen-bond acceptors (Lipinski definition) is 1. The average molecular weight is 245 g/mol. The van der Waals surface area contributed by atoms with Crippen LogP contribution in [0.3, 0.4) is 0 Å². The van der Waals surface area contributed by atoms with Gasteiger partial charge in [0.15, 0.2) is 0 Å². The van der Waals surface area contributed by atoms with Gasteiger partial charge < -0.3 is 5.32 Å². The molecule has 0 saturated heterocycles. The number of rotatable bonds is 2. The highest BCUT2D eigenvalue weighted by molar-refractivity contribution is 5.92. The molecule has 98 valence electrons. The van der Waals surface area contributed by atoms with E-state index >= 15 is 0 Å². The van der Waals surface area contributed by atoms with Crippen LogP contribution in [0.25, 0.3) is 0 Å². The molecule has 1 aromatic rings. The first-order chi connectivity index (χ1) is 8.47. The van der Waals surface area contributed by atoms with Gasteiger partial charge in [-0.2, -0.15) is 0 Å². The van der Waals surface area contributed by atoms with Crippen LogP contribution >= 0.6 is 0 Å². The second kappa shape index (κ2) is 5.13. The lowest BCUT2D eigenvalue weighted by Gasteiger charge is -2.19. The summed E-state index contributed by atoms with van der Waals surface area (Å²) in [6.07, 6.45) is 4.49. The van der Waals surface area contributed by atoms with Crippen molar-refractivity contribution in [3.05, 3.63) is 29.8 Å². The fourth-order valence-electron chi connectivity index (χ4n) is 2.49. The maximum Gasteiger partial charge on any atom is 0.227 e. The second-order valence-electron chi connectivity index (χ2n) is 6.30. The van der Waals surface area contributed by atoms with Crippen LogP contribution in [0, 0.1) is 5.92 Å². The maximum absolute atomic E-state index is 12.0. The van der Waals surface area contributed by atoms with Crippen molar-refractivity contribution in [3.63, 3.8) is 0 Å². The van der Waals surface area contributed by atoms with Gasteiger partial charge in [0.1, 0.15) is 0 Å². The SMILES string of the molecule is CC(C)(C)c1ccc(NC(=O)C2CCCC2)cc1. The minimum absolute atomic E-state index is 0.161. The van der Waals surface area contributed by atoms with E-state index < -0.39 is 0 Å². The highest BCUT2D eigenvalue weighted by atomic mass is 16.1. The third kappa shape index (κ3) is 3.12. The second-order valence-corrected chi connectivity index (χ2v) is 6.30. The largest absolute Gasteiger partial charge is 0.326 e. The topological polar surface area (TPSA) is 29.1 Å². The predicted molar refractivity (Wildman–Crippen MR) is 75.7 cm³/mol. The highest BCUT2D eigenvalue weighted by Crippen LogP contribution is 2.27. The summed E-state index contributed by atoms with van der Waals surface area (Å²) in [5, 5.41) is 3.02. The number of anilines is 1. The molecule has 1 N–H and O–H groups in total. The van der Waals surface area contributed by atoms with Crippen LogP contribution in [0.4, 0.5) is 5.69 Å². The molecule has 2 rings (SSSR count). The Bertz CT molecular complexity index is 408. The molecule has 1 fully saturated rings. The fraction of sp³-hybridized carbons (Fsp3) is 0.562. The molecular weight excluding hydrogens is 222 g/mol. The van der Waals surface area contributed by atoms with Crippen molar-refractivity contribution in [2.75, 3.05) is 5.32 Å². The minimum Gasteiger partial charge on any atom is -0.326 e. The first-order valence-electron chi connectivity index (χ1n) is 6.88. The van der Waals surface area contributed by atoms with Crippen LogP contribution in [0.2, 0.25) is 0 Å². The monoisotopic (exact) mass is 245 g/mol.